The Hall–Kier alpha value is -0.130. The highest BCUT2D eigenvalue weighted by atomic mass is 35.5. The first-order valence-corrected chi connectivity index (χ1v) is 9.27. The number of hydrogen-bond acceptors (Lipinski definition) is 6. The number of rotatable bonds is 2. The number of nitrogens with two attached hydrogens (primary N) is 1. The van der Waals surface area contributed by atoms with E-state index in [1.807, 2.05) is 20.8 Å². The fourth-order valence-electron chi connectivity index (χ4n) is 0. The van der Waals surface area contributed by atoms with Crippen molar-refractivity contribution >= 4 is 33.0 Å². The van der Waals surface area contributed by atoms with Crippen LogP contribution >= 0.6 is 23.2 Å². The van der Waals surface area contributed by atoms with E-state index in [0.29, 0.717) is 6.61 Å². The van der Waals surface area contributed by atoms with Crippen LogP contribution in [0, 0.1) is 10.8 Å². The minimum Gasteiger partial charge on any atom is -0.396 e. The first-order chi connectivity index (χ1) is 9.24. The zero-order valence-electron chi connectivity index (χ0n) is 13.4. The SMILES string of the molecule is C.C.C.C.C.CCCCl.CCCO.CCCl.CN.CS(C)(=O)=O.N#N. The molecule has 168 valence electrons. The van der Waals surface area contributed by atoms with Crippen molar-refractivity contribution < 1.29 is 13.5 Å². The van der Waals surface area contributed by atoms with E-state index in [2.05, 4.69) is 5.73 Å². The lowest BCUT2D eigenvalue weighted by Crippen LogP contribution is -1.86. The van der Waals surface area contributed by atoms with Crippen molar-refractivity contribution in [3.8, 4) is 0 Å². The molecule has 0 aliphatic carbocycles. The molecule has 25 heavy (non-hydrogen) atoms. The van der Waals surface area contributed by atoms with Crippen LogP contribution in [-0.4, -0.2) is 51.5 Å². The molecule has 0 rings (SSSR count). The summed E-state index contributed by atoms with van der Waals surface area (Å²) in [7, 11) is -1.17. The number of aliphatic hydroxyl groups is 1. The lowest BCUT2D eigenvalue weighted by atomic mass is 10.5. The van der Waals surface area contributed by atoms with Gasteiger partial charge in [0.15, 0.2) is 0 Å². The molecule has 0 aromatic rings. The quantitative estimate of drug-likeness (QED) is 0.421. The molecule has 0 aliphatic heterocycles. The van der Waals surface area contributed by atoms with Gasteiger partial charge in [0, 0.05) is 41.7 Å². The van der Waals surface area contributed by atoms with Crippen molar-refractivity contribution in [2.45, 2.75) is 70.7 Å². The summed E-state index contributed by atoms with van der Waals surface area (Å²) in [5.74, 6) is 1.51. The van der Waals surface area contributed by atoms with E-state index in [1.165, 1.54) is 7.05 Å². The van der Waals surface area contributed by atoms with E-state index >= 15 is 0 Å². The zero-order chi connectivity index (χ0) is 18.0. The Labute approximate surface area is 171 Å². The molecule has 0 saturated heterocycles. The number of halogens is 2. The third-order valence-corrected chi connectivity index (χ3v) is 0.791. The van der Waals surface area contributed by atoms with E-state index in [0.717, 1.165) is 37.1 Å². The summed E-state index contributed by atoms with van der Waals surface area (Å²) in [6, 6.07) is 0. The van der Waals surface area contributed by atoms with Gasteiger partial charge in [0.05, 0.1) is 0 Å². The zero-order valence-corrected chi connectivity index (χ0v) is 15.8. The van der Waals surface area contributed by atoms with Crippen LogP contribution in [-0.2, 0) is 9.84 Å². The van der Waals surface area contributed by atoms with Gasteiger partial charge in [0.2, 0.25) is 0 Å². The highest BCUT2D eigenvalue weighted by molar-refractivity contribution is 7.89. The molecule has 0 fully saturated rings. The molecule has 0 aliphatic rings. The molecule has 0 bridgehead atoms. The van der Waals surface area contributed by atoms with Crippen LogP contribution < -0.4 is 5.73 Å². The standard InChI is InChI=1S/C3H7Cl.C3H8O.C2H5Cl.C2H6O2S.CH5N.5CH4.N2/c2*1-2-3-4;1-2-3;1-5(2,3)4;1-2;;;;;;1-2/h2-3H2,1H3;4H,2-3H2,1H3;2H2,1H3;1-2H3;2H2,1H3;5*1H4;. The summed E-state index contributed by atoms with van der Waals surface area (Å²) in [6.07, 6.45) is 4.28. The third kappa shape index (κ3) is 3260. The number of aliphatic hydroxyl groups excluding tert-OH is 1. The molecule has 0 aromatic carbocycles. The topological polar surface area (TPSA) is 128 Å². The van der Waals surface area contributed by atoms with Crippen LogP contribution in [0.5, 0.6) is 0 Å². The molecule has 0 atom stereocenters. The van der Waals surface area contributed by atoms with Gasteiger partial charge in [0.25, 0.3) is 0 Å². The van der Waals surface area contributed by atoms with Gasteiger partial charge in [-0.2, -0.15) is 0 Å². The maximum atomic E-state index is 9.63. The average Bonchev–Trinajstić information content (AvgIpc) is 2.42. The van der Waals surface area contributed by atoms with Crippen LogP contribution in [0.3, 0.4) is 0 Å². The van der Waals surface area contributed by atoms with Crippen LogP contribution in [0.15, 0.2) is 0 Å². The molecule has 0 spiro atoms. The smallest absolute Gasteiger partial charge is 0.144 e. The van der Waals surface area contributed by atoms with Gasteiger partial charge in [-0.3, -0.25) is 0 Å². The van der Waals surface area contributed by atoms with Crippen LogP contribution in [0.2, 0.25) is 0 Å². The van der Waals surface area contributed by atoms with Crippen molar-refractivity contribution in [1.82, 2.24) is 0 Å². The van der Waals surface area contributed by atoms with Gasteiger partial charge in [-0.15, -0.1) is 23.2 Å². The second-order valence-electron chi connectivity index (χ2n) is 2.82. The summed E-state index contributed by atoms with van der Waals surface area (Å²) >= 11 is 10.2. The van der Waals surface area contributed by atoms with E-state index in [1.54, 1.807) is 0 Å². The fourth-order valence-corrected chi connectivity index (χ4v) is 0. The third-order valence-electron chi connectivity index (χ3n) is 0.413. The van der Waals surface area contributed by atoms with Gasteiger partial charge in [-0.25, -0.2) is 8.42 Å². The highest BCUT2D eigenvalue weighted by Crippen LogP contribution is 1.75. The van der Waals surface area contributed by atoms with Gasteiger partial charge >= 0.3 is 0 Å². The Balaban J connectivity index is -0.0000000103. The molecule has 0 unspecified atom stereocenters. The van der Waals surface area contributed by atoms with Gasteiger partial charge in [0.1, 0.15) is 9.84 Å². The average molecular weight is 437 g/mol. The molecule has 6 nitrogen and oxygen atoms in total. The predicted octanol–water partition coefficient (Wildman–Crippen LogP) is 5.72. The minimum absolute atomic E-state index is 0. The van der Waals surface area contributed by atoms with E-state index in [4.69, 9.17) is 39.1 Å². The normalized spacial score (nSPS) is 5.76. The van der Waals surface area contributed by atoms with Gasteiger partial charge in [-0.05, 0) is 19.9 Å². The molecule has 9 heteroatoms. The van der Waals surface area contributed by atoms with Crippen molar-refractivity contribution in [3.05, 3.63) is 0 Å². The first kappa shape index (κ1) is 73.7. The monoisotopic (exact) mass is 435 g/mol. The van der Waals surface area contributed by atoms with Crippen LogP contribution in [0.4, 0.5) is 0 Å². The van der Waals surface area contributed by atoms with Gasteiger partial charge in [-0.1, -0.05) is 57.9 Å². The predicted molar refractivity (Wildman–Crippen MR) is 123 cm³/mol. The van der Waals surface area contributed by atoms with E-state index in [-0.39, 0.29) is 37.1 Å². The second-order valence-corrected chi connectivity index (χ2v) is 6.02. The Bertz CT molecular complexity index is 202. The van der Waals surface area contributed by atoms with E-state index in [9.17, 15) is 8.42 Å². The Morgan fingerprint density at radius 2 is 0.920 bits per heavy atom. The van der Waals surface area contributed by atoms with Crippen molar-refractivity contribution in [2.75, 3.05) is 37.9 Å². The number of sulfone groups is 1. The molecule has 0 heterocycles. The Kier molecular flexibility index (Phi) is 311. The number of alkyl halides is 2. The molecule has 0 aromatic heterocycles. The summed E-state index contributed by atoms with van der Waals surface area (Å²) in [5.41, 5.74) is 4.50. The fraction of sp³-hybridized carbons (Fsp3) is 1.00. The molecular weight excluding hydrogens is 385 g/mol. The summed E-state index contributed by atoms with van der Waals surface area (Å²) < 4.78 is 19.3. The van der Waals surface area contributed by atoms with Crippen molar-refractivity contribution in [1.29, 1.82) is 10.8 Å². The Morgan fingerprint density at radius 1 is 0.840 bits per heavy atom. The lowest BCUT2D eigenvalue weighted by molar-refractivity contribution is 0.295. The van der Waals surface area contributed by atoms with Crippen molar-refractivity contribution in [2.24, 2.45) is 5.73 Å². The van der Waals surface area contributed by atoms with Crippen LogP contribution in [0.25, 0.3) is 0 Å². The summed E-state index contributed by atoms with van der Waals surface area (Å²) in [4.78, 5) is 0. The molecule has 3 N–H and O–H groups in total. The van der Waals surface area contributed by atoms with Gasteiger partial charge < -0.3 is 10.8 Å². The number of nitrogens with zero attached hydrogens (tertiary/aromatic N) is 2. The highest BCUT2D eigenvalue weighted by Gasteiger charge is 1.79. The minimum atomic E-state index is -2.67. The lowest BCUT2D eigenvalue weighted by Gasteiger charge is -1.69. The van der Waals surface area contributed by atoms with Crippen LogP contribution in [0.1, 0.15) is 70.7 Å². The summed E-state index contributed by atoms with van der Waals surface area (Å²) in [5, 5.41) is 19.9. The molecule has 0 amide bonds. The largest absolute Gasteiger partial charge is 0.396 e. The molecular formula is C16H51Cl2N3O3S. The van der Waals surface area contributed by atoms with Crippen molar-refractivity contribution in [3.63, 3.8) is 0 Å². The molecule has 0 saturated carbocycles. The summed E-state index contributed by atoms with van der Waals surface area (Å²) in [6.45, 7) is 6.19. The maximum absolute atomic E-state index is 9.63. The molecule has 0 radical (unpaired) electrons. The maximum Gasteiger partial charge on any atom is 0.144 e. The first-order valence-electron chi connectivity index (χ1n) is 5.90. The Morgan fingerprint density at radius 3 is 0.920 bits per heavy atom. The number of hydrogen-bond donors (Lipinski definition) is 2. The second kappa shape index (κ2) is 106. The van der Waals surface area contributed by atoms with E-state index < -0.39 is 9.84 Å².